The lowest BCUT2D eigenvalue weighted by atomic mass is 9.98. The molecule has 0 atom stereocenters. The summed E-state index contributed by atoms with van der Waals surface area (Å²) in [5.74, 6) is 1.59. The van der Waals surface area contributed by atoms with Crippen LogP contribution in [0.5, 0.6) is 11.5 Å². The van der Waals surface area contributed by atoms with Gasteiger partial charge in [-0.15, -0.1) is 0 Å². The van der Waals surface area contributed by atoms with E-state index in [1.807, 2.05) is 30.8 Å². The number of ether oxygens (including phenoxy) is 2. The zero-order chi connectivity index (χ0) is 13.6. The van der Waals surface area contributed by atoms with Crippen molar-refractivity contribution in [2.75, 3.05) is 6.79 Å². The van der Waals surface area contributed by atoms with E-state index in [0.717, 1.165) is 39.6 Å². The molecule has 0 saturated carbocycles. The Morgan fingerprint density at radius 1 is 1.26 bits per heavy atom. The van der Waals surface area contributed by atoms with Gasteiger partial charge in [0, 0.05) is 19.2 Å². The van der Waals surface area contributed by atoms with Crippen molar-refractivity contribution in [3.8, 4) is 22.6 Å². The molecule has 2 N–H and O–H groups in total. The van der Waals surface area contributed by atoms with Gasteiger partial charge in [-0.2, -0.15) is 5.10 Å². The Bertz CT molecular complexity index is 647. The molecule has 5 nitrogen and oxygen atoms in total. The highest BCUT2D eigenvalue weighted by molar-refractivity contribution is 5.75. The monoisotopic (exact) mass is 259 g/mol. The molecule has 0 amide bonds. The summed E-state index contributed by atoms with van der Waals surface area (Å²) < 4.78 is 12.7. The zero-order valence-electron chi connectivity index (χ0n) is 11.4. The lowest BCUT2D eigenvalue weighted by Crippen LogP contribution is -2.05. The van der Waals surface area contributed by atoms with Crippen molar-refractivity contribution in [3.63, 3.8) is 0 Å². The molecule has 5 heteroatoms. The molecule has 19 heavy (non-hydrogen) atoms. The van der Waals surface area contributed by atoms with E-state index in [1.54, 1.807) is 0 Å². The average molecular weight is 259 g/mol. The Morgan fingerprint density at radius 2 is 1.95 bits per heavy atom. The molecule has 0 bridgehead atoms. The van der Waals surface area contributed by atoms with Gasteiger partial charge in [-0.05, 0) is 37.1 Å². The number of fused-ring (bicyclic) bond motifs is 1. The van der Waals surface area contributed by atoms with Crippen molar-refractivity contribution in [1.82, 2.24) is 9.78 Å². The van der Waals surface area contributed by atoms with E-state index in [4.69, 9.17) is 15.2 Å². The first-order chi connectivity index (χ1) is 9.11. The Labute approximate surface area is 111 Å². The third-order valence-corrected chi connectivity index (χ3v) is 3.52. The van der Waals surface area contributed by atoms with Crippen molar-refractivity contribution < 1.29 is 9.47 Å². The summed E-state index contributed by atoms with van der Waals surface area (Å²) >= 11 is 0. The third-order valence-electron chi connectivity index (χ3n) is 3.52. The number of hydrogen-bond donors (Lipinski definition) is 1. The molecule has 100 valence electrons. The number of nitrogens with two attached hydrogens (primary N) is 1. The molecule has 0 saturated heterocycles. The van der Waals surface area contributed by atoms with Gasteiger partial charge in [-0.3, -0.25) is 4.68 Å². The van der Waals surface area contributed by atoms with E-state index >= 15 is 0 Å². The fraction of sp³-hybridized carbons (Fsp3) is 0.357. The predicted octanol–water partition coefficient (Wildman–Crippen LogP) is 1.89. The van der Waals surface area contributed by atoms with Crippen LogP contribution in [0.3, 0.4) is 0 Å². The van der Waals surface area contributed by atoms with Gasteiger partial charge >= 0.3 is 0 Å². The minimum Gasteiger partial charge on any atom is -0.454 e. The van der Waals surface area contributed by atoms with Gasteiger partial charge in [0.15, 0.2) is 11.5 Å². The van der Waals surface area contributed by atoms with Crippen LogP contribution in [-0.2, 0) is 13.6 Å². The predicted molar refractivity (Wildman–Crippen MR) is 72.1 cm³/mol. The number of aryl methyl sites for hydroxylation is 3. The molecule has 0 radical (unpaired) electrons. The Balaban J connectivity index is 2.22. The molecule has 2 heterocycles. The molecule has 0 unspecified atom stereocenters. The highest BCUT2D eigenvalue weighted by atomic mass is 16.7. The van der Waals surface area contributed by atoms with E-state index in [9.17, 15) is 0 Å². The molecule has 0 fully saturated rings. The zero-order valence-corrected chi connectivity index (χ0v) is 11.4. The second-order valence-corrected chi connectivity index (χ2v) is 4.76. The highest BCUT2D eigenvalue weighted by Crippen LogP contribution is 2.40. The van der Waals surface area contributed by atoms with E-state index < -0.39 is 0 Å². The van der Waals surface area contributed by atoms with Crippen LogP contribution in [0.1, 0.15) is 17.0 Å². The fourth-order valence-electron chi connectivity index (χ4n) is 2.60. The van der Waals surface area contributed by atoms with Crippen LogP contribution in [0.15, 0.2) is 12.1 Å². The Hall–Kier alpha value is -2.01. The molecule has 2 aromatic rings. The summed E-state index contributed by atoms with van der Waals surface area (Å²) in [5.41, 5.74) is 11.2. The number of rotatable bonds is 2. The Kier molecular flexibility index (Phi) is 2.71. The van der Waals surface area contributed by atoms with E-state index in [2.05, 4.69) is 12.0 Å². The standard InChI is InChI=1S/C14H17N3O2/c1-8-4-12-13(19-7-18-12)5-10(8)14-9(2)16-17(3)11(14)6-15/h4-5H,6-7,15H2,1-3H3. The van der Waals surface area contributed by atoms with Crippen molar-refractivity contribution in [1.29, 1.82) is 0 Å². The van der Waals surface area contributed by atoms with Crippen LogP contribution in [0.2, 0.25) is 0 Å². The van der Waals surface area contributed by atoms with Crippen LogP contribution in [0.25, 0.3) is 11.1 Å². The molecule has 0 spiro atoms. The van der Waals surface area contributed by atoms with Gasteiger partial charge in [0.2, 0.25) is 6.79 Å². The molecular formula is C14H17N3O2. The van der Waals surface area contributed by atoms with Crippen LogP contribution in [0, 0.1) is 13.8 Å². The molecular weight excluding hydrogens is 242 g/mol. The summed E-state index contributed by atoms with van der Waals surface area (Å²) in [6.45, 7) is 4.80. The second-order valence-electron chi connectivity index (χ2n) is 4.76. The lowest BCUT2D eigenvalue weighted by molar-refractivity contribution is 0.174. The molecule has 1 aliphatic rings. The van der Waals surface area contributed by atoms with E-state index in [1.165, 1.54) is 0 Å². The lowest BCUT2D eigenvalue weighted by Gasteiger charge is -2.09. The van der Waals surface area contributed by atoms with Crippen molar-refractivity contribution in [2.45, 2.75) is 20.4 Å². The summed E-state index contributed by atoms with van der Waals surface area (Å²) in [6, 6.07) is 4.02. The first kappa shape index (κ1) is 12.0. The maximum atomic E-state index is 5.85. The van der Waals surface area contributed by atoms with Crippen LogP contribution < -0.4 is 15.2 Å². The number of nitrogens with zero attached hydrogens (tertiary/aromatic N) is 2. The number of aromatic nitrogens is 2. The molecule has 1 aromatic carbocycles. The van der Waals surface area contributed by atoms with Crippen LogP contribution >= 0.6 is 0 Å². The Morgan fingerprint density at radius 3 is 2.63 bits per heavy atom. The van der Waals surface area contributed by atoms with Gasteiger partial charge < -0.3 is 15.2 Å². The smallest absolute Gasteiger partial charge is 0.231 e. The number of hydrogen-bond acceptors (Lipinski definition) is 4. The van der Waals surface area contributed by atoms with Crippen LogP contribution in [0.4, 0.5) is 0 Å². The van der Waals surface area contributed by atoms with Gasteiger partial charge in [-0.1, -0.05) is 0 Å². The highest BCUT2D eigenvalue weighted by Gasteiger charge is 2.21. The minimum atomic E-state index is 0.286. The van der Waals surface area contributed by atoms with Gasteiger partial charge in [-0.25, -0.2) is 0 Å². The SMILES string of the molecule is Cc1cc2c(cc1-c1c(C)nn(C)c1CN)OCO2. The minimum absolute atomic E-state index is 0.286. The number of benzene rings is 1. The normalized spacial score (nSPS) is 13.1. The van der Waals surface area contributed by atoms with Crippen molar-refractivity contribution >= 4 is 0 Å². The third kappa shape index (κ3) is 1.77. The van der Waals surface area contributed by atoms with Gasteiger partial charge in [0.05, 0.1) is 11.4 Å². The van der Waals surface area contributed by atoms with E-state index in [0.29, 0.717) is 6.54 Å². The quantitative estimate of drug-likeness (QED) is 0.894. The summed E-state index contributed by atoms with van der Waals surface area (Å²) in [5, 5.41) is 4.46. The maximum absolute atomic E-state index is 5.85. The molecule has 3 rings (SSSR count). The molecule has 0 aliphatic carbocycles. The van der Waals surface area contributed by atoms with Gasteiger partial charge in [0.1, 0.15) is 0 Å². The molecule has 1 aliphatic heterocycles. The summed E-state index contributed by atoms with van der Waals surface area (Å²) in [4.78, 5) is 0. The first-order valence-corrected chi connectivity index (χ1v) is 6.25. The average Bonchev–Trinajstić information content (AvgIpc) is 2.91. The van der Waals surface area contributed by atoms with E-state index in [-0.39, 0.29) is 6.79 Å². The van der Waals surface area contributed by atoms with Crippen LogP contribution in [-0.4, -0.2) is 16.6 Å². The topological polar surface area (TPSA) is 62.3 Å². The largest absolute Gasteiger partial charge is 0.454 e. The van der Waals surface area contributed by atoms with Crippen molar-refractivity contribution in [3.05, 3.63) is 29.1 Å². The summed E-state index contributed by atoms with van der Waals surface area (Å²) in [6.07, 6.45) is 0. The fourth-order valence-corrected chi connectivity index (χ4v) is 2.60. The maximum Gasteiger partial charge on any atom is 0.231 e. The van der Waals surface area contributed by atoms with Gasteiger partial charge in [0.25, 0.3) is 0 Å². The molecule has 1 aromatic heterocycles. The summed E-state index contributed by atoms with van der Waals surface area (Å²) in [7, 11) is 1.92. The van der Waals surface area contributed by atoms with Crippen molar-refractivity contribution in [2.24, 2.45) is 12.8 Å². The first-order valence-electron chi connectivity index (χ1n) is 6.25. The second kappa shape index (κ2) is 4.28.